The number of urea groups is 1. The van der Waals surface area contributed by atoms with Crippen LogP contribution in [0.4, 0.5) is 32.8 Å². The summed E-state index contributed by atoms with van der Waals surface area (Å²) in [5, 5.41) is 2.70. The number of aromatic nitrogens is 1. The van der Waals surface area contributed by atoms with Gasteiger partial charge in [0.05, 0.1) is 5.56 Å². The van der Waals surface area contributed by atoms with Gasteiger partial charge in [-0.15, -0.1) is 0 Å². The summed E-state index contributed by atoms with van der Waals surface area (Å²) < 4.78 is 58.2. The number of nitrogens with one attached hydrogen (secondary N) is 1. The molecule has 0 bridgehead atoms. The van der Waals surface area contributed by atoms with Crippen molar-refractivity contribution in [2.24, 2.45) is 0 Å². The Balaban J connectivity index is 1.27. The van der Waals surface area contributed by atoms with E-state index >= 15 is 0 Å². The van der Waals surface area contributed by atoms with Crippen molar-refractivity contribution >= 4 is 17.8 Å². The summed E-state index contributed by atoms with van der Waals surface area (Å²) in [5.74, 6) is -0.351. The predicted molar refractivity (Wildman–Crippen MR) is 188 cm³/mol. The van der Waals surface area contributed by atoms with Crippen LogP contribution < -0.4 is 5.32 Å². The van der Waals surface area contributed by atoms with Gasteiger partial charge >= 0.3 is 18.3 Å². The summed E-state index contributed by atoms with van der Waals surface area (Å²) in [6.07, 6.45) is -1.66. The van der Waals surface area contributed by atoms with Crippen LogP contribution in [0.25, 0.3) is 11.1 Å². The van der Waals surface area contributed by atoms with Crippen LogP contribution in [-0.2, 0) is 37.1 Å². The minimum absolute atomic E-state index is 0.227. The Bertz CT molecular complexity index is 1890. The van der Waals surface area contributed by atoms with Crippen molar-refractivity contribution in [2.45, 2.75) is 58.7 Å². The second-order valence-electron chi connectivity index (χ2n) is 13.1. The van der Waals surface area contributed by atoms with Crippen LogP contribution in [0.5, 0.6) is 0 Å². The van der Waals surface area contributed by atoms with E-state index in [1.807, 2.05) is 54.6 Å². The van der Waals surface area contributed by atoms with Gasteiger partial charge in [-0.05, 0) is 96.6 Å². The largest absolute Gasteiger partial charge is 0.444 e. The topological polar surface area (TPSA) is 74.8 Å². The van der Waals surface area contributed by atoms with Crippen molar-refractivity contribution in [2.75, 3.05) is 5.32 Å². The summed E-state index contributed by atoms with van der Waals surface area (Å²) in [5.41, 5.74) is 3.94. The molecule has 1 N–H and O–H groups in total. The van der Waals surface area contributed by atoms with Crippen molar-refractivity contribution in [1.82, 2.24) is 14.8 Å². The maximum atomic E-state index is 13.5. The number of nitrogens with zero attached hydrogens (tertiary/aromatic N) is 3. The molecule has 0 aliphatic rings. The molecule has 0 saturated carbocycles. The molecule has 7 nitrogen and oxygen atoms in total. The van der Waals surface area contributed by atoms with Crippen LogP contribution in [0.2, 0.25) is 0 Å². The third kappa shape index (κ3) is 10.9. The summed E-state index contributed by atoms with van der Waals surface area (Å²) in [7, 11) is 0. The third-order valence-electron chi connectivity index (χ3n) is 7.77. The van der Waals surface area contributed by atoms with E-state index in [4.69, 9.17) is 4.74 Å². The lowest BCUT2D eigenvalue weighted by atomic mass is 10.0. The van der Waals surface area contributed by atoms with Gasteiger partial charge in [-0.3, -0.25) is 9.88 Å². The van der Waals surface area contributed by atoms with Crippen molar-refractivity contribution < 1.29 is 31.9 Å². The molecule has 1 heterocycles. The predicted octanol–water partition coefficient (Wildman–Crippen LogP) is 10.1. The molecule has 4 aromatic carbocycles. The number of carbonyl (C=O) groups is 2. The number of rotatable bonds is 10. The summed E-state index contributed by atoms with van der Waals surface area (Å²) in [6.45, 7) is 6.40. The molecule has 51 heavy (non-hydrogen) atoms. The van der Waals surface area contributed by atoms with Gasteiger partial charge in [-0.1, -0.05) is 66.7 Å². The van der Waals surface area contributed by atoms with E-state index in [0.717, 1.165) is 45.5 Å². The maximum Gasteiger partial charge on any atom is 0.416 e. The SMILES string of the molecule is CC(C)(C)OC(=O)N(Cc1ccc(F)cc1)Cc1ccc(-c2ccc(CN(Cc3cccnc3)C(=O)Nc3ccc(C(F)(F)F)cc3)cc2)cc1. The number of halogens is 4. The number of anilines is 1. The Kier molecular flexibility index (Phi) is 11.4. The van der Waals surface area contributed by atoms with Gasteiger partial charge < -0.3 is 15.0 Å². The normalized spacial score (nSPS) is 11.5. The number of ether oxygens (including phenoxy) is 1. The molecule has 0 radical (unpaired) electrons. The van der Waals surface area contributed by atoms with Gasteiger partial charge in [-0.2, -0.15) is 13.2 Å². The molecular weight excluding hydrogens is 660 g/mol. The van der Waals surface area contributed by atoms with Gasteiger partial charge in [0.25, 0.3) is 0 Å². The van der Waals surface area contributed by atoms with E-state index in [2.05, 4.69) is 10.3 Å². The quantitative estimate of drug-likeness (QED) is 0.147. The first kappa shape index (κ1) is 36.6. The van der Waals surface area contributed by atoms with Crippen LogP contribution in [0.1, 0.15) is 48.6 Å². The van der Waals surface area contributed by atoms with Crippen LogP contribution in [0, 0.1) is 5.82 Å². The van der Waals surface area contributed by atoms with Gasteiger partial charge in [-0.25, -0.2) is 14.0 Å². The van der Waals surface area contributed by atoms with Gasteiger partial charge in [0.1, 0.15) is 11.4 Å². The van der Waals surface area contributed by atoms with Gasteiger partial charge in [0.2, 0.25) is 0 Å². The molecule has 3 amide bonds. The Morgan fingerprint density at radius 3 is 1.63 bits per heavy atom. The highest BCUT2D eigenvalue weighted by molar-refractivity contribution is 5.89. The standard InChI is InChI=1S/C40H38F4N4O3/c1-39(2,3)51-38(50)48(26-30-10-18-35(41)19-11-30)25-29-8-14-33(15-9-29)32-12-6-28(7-13-32)24-47(27-31-5-4-22-45-23-31)37(49)46-36-20-16-34(17-21-36)40(42,43)44/h4-23H,24-27H2,1-3H3,(H,46,49). The number of carbonyl (C=O) groups excluding carboxylic acids is 2. The van der Waals surface area contributed by atoms with E-state index in [9.17, 15) is 27.2 Å². The molecule has 0 atom stereocenters. The molecule has 5 aromatic rings. The van der Waals surface area contributed by atoms with E-state index in [1.54, 1.807) is 61.2 Å². The Morgan fingerprint density at radius 2 is 1.16 bits per heavy atom. The number of pyridine rings is 1. The Labute approximate surface area is 294 Å². The Morgan fingerprint density at radius 1 is 0.667 bits per heavy atom. The molecular formula is C40H38F4N4O3. The minimum Gasteiger partial charge on any atom is -0.444 e. The Hall–Kier alpha value is -5.71. The molecule has 11 heteroatoms. The molecule has 1 aromatic heterocycles. The maximum absolute atomic E-state index is 13.5. The second-order valence-corrected chi connectivity index (χ2v) is 13.1. The van der Waals surface area contributed by atoms with Crippen LogP contribution >= 0.6 is 0 Å². The first-order valence-corrected chi connectivity index (χ1v) is 16.2. The van der Waals surface area contributed by atoms with Gasteiger partial charge in [0.15, 0.2) is 0 Å². The summed E-state index contributed by atoms with van der Waals surface area (Å²) in [6, 6.07) is 29.0. The van der Waals surface area contributed by atoms with E-state index in [-0.39, 0.29) is 37.7 Å². The average Bonchev–Trinajstić information content (AvgIpc) is 3.09. The number of amides is 3. The monoisotopic (exact) mass is 698 g/mol. The molecule has 0 fully saturated rings. The lowest BCUT2D eigenvalue weighted by molar-refractivity contribution is -0.137. The molecule has 0 aliphatic heterocycles. The average molecular weight is 699 g/mol. The minimum atomic E-state index is -4.47. The van der Waals surface area contributed by atoms with Gasteiger partial charge in [0, 0.05) is 44.3 Å². The number of benzene rings is 4. The highest BCUT2D eigenvalue weighted by Crippen LogP contribution is 2.30. The molecule has 5 rings (SSSR count). The second kappa shape index (κ2) is 15.9. The first-order valence-electron chi connectivity index (χ1n) is 16.2. The van der Waals surface area contributed by atoms with Crippen molar-refractivity contribution in [1.29, 1.82) is 0 Å². The van der Waals surface area contributed by atoms with Crippen molar-refractivity contribution in [3.63, 3.8) is 0 Å². The zero-order valence-electron chi connectivity index (χ0n) is 28.5. The summed E-state index contributed by atoms with van der Waals surface area (Å²) >= 11 is 0. The molecule has 0 unspecified atom stereocenters. The number of hydrogen-bond donors (Lipinski definition) is 1. The lowest BCUT2D eigenvalue weighted by Crippen LogP contribution is -2.36. The zero-order valence-corrected chi connectivity index (χ0v) is 28.5. The molecule has 264 valence electrons. The van der Waals surface area contributed by atoms with Crippen molar-refractivity contribution in [3.05, 3.63) is 155 Å². The van der Waals surface area contributed by atoms with Crippen LogP contribution in [0.3, 0.4) is 0 Å². The van der Waals surface area contributed by atoms with E-state index < -0.39 is 29.5 Å². The highest BCUT2D eigenvalue weighted by Gasteiger charge is 2.30. The van der Waals surface area contributed by atoms with E-state index in [1.165, 1.54) is 24.3 Å². The number of alkyl halides is 3. The number of hydrogen-bond acceptors (Lipinski definition) is 4. The van der Waals surface area contributed by atoms with Crippen LogP contribution in [-0.4, -0.2) is 32.5 Å². The first-order chi connectivity index (χ1) is 24.2. The fourth-order valence-electron chi connectivity index (χ4n) is 5.22. The lowest BCUT2D eigenvalue weighted by Gasteiger charge is -2.27. The van der Waals surface area contributed by atoms with Crippen molar-refractivity contribution in [3.8, 4) is 11.1 Å². The zero-order chi connectivity index (χ0) is 36.6. The fourth-order valence-corrected chi connectivity index (χ4v) is 5.22. The molecule has 0 saturated heterocycles. The highest BCUT2D eigenvalue weighted by atomic mass is 19.4. The molecule has 0 aliphatic carbocycles. The summed E-state index contributed by atoms with van der Waals surface area (Å²) in [4.78, 5) is 33.7. The van der Waals surface area contributed by atoms with Crippen LogP contribution in [0.15, 0.2) is 122 Å². The third-order valence-corrected chi connectivity index (χ3v) is 7.77. The smallest absolute Gasteiger partial charge is 0.416 e. The van der Waals surface area contributed by atoms with E-state index in [0.29, 0.717) is 0 Å². The molecule has 0 spiro atoms. The fraction of sp³-hybridized carbons (Fsp3) is 0.225.